The highest BCUT2D eigenvalue weighted by molar-refractivity contribution is 6.34. The number of nitrogens with zero attached hydrogens (tertiary/aromatic N) is 2. The summed E-state index contributed by atoms with van der Waals surface area (Å²) in [5.41, 5.74) is -0.183. The van der Waals surface area contributed by atoms with E-state index in [9.17, 15) is 4.79 Å². The molecule has 1 fully saturated rings. The van der Waals surface area contributed by atoms with Crippen molar-refractivity contribution in [2.75, 3.05) is 13.1 Å². The Labute approximate surface area is 122 Å². The standard InChI is InChI=1S/C13H16Cl2N2O2/c1-8-6-17(7-13(2,3)19-8)12(18)11-9(14)4-5-10(15)16-11/h4-5,8H,6-7H2,1-3H3. The molecule has 4 nitrogen and oxygen atoms in total. The summed E-state index contributed by atoms with van der Waals surface area (Å²) in [6.07, 6.45) is -0.0225. The molecule has 0 N–H and O–H groups in total. The number of pyridine rings is 1. The van der Waals surface area contributed by atoms with E-state index in [1.54, 1.807) is 17.0 Å². The molecule has 104 valence electrons. The lowest BCUT2D eigenvalue weighted by Crippen LogP contribution is -2.54. The number of halogens is 2. The lowest BCUT2D eigenvalue weighted by atomic mass is 10.1. The summed E-state index contributed by atoms with van der Waals surface area (Å²) in [5.74, 6) is -0.212. The first kappa shape index (κ1) is 14.6. The second-order valence-electron chi connectivity index (χ2n) is 5.34. The van der Waals surface area contributed by atoms with Crippen LogP contribution in [-0.4, -0.2) is 40.6 Å². The number of carbonyl (C=O) groups excluding carboxylic acids is 1. The Balaban J connectivity index is 2.26. The van der Waals surface area contributed by atoms with Crippen molar-refractivity contribution in [3.05, 3.63) is 28.0 Å². The Bertz CT molecular complexity index is 505. The van der Waals surface area contributed by atoms with E-state index in [0.717, 1.165) is 0 Å². The van der Waals surface area contributed by atoms with Crippen LogP contribution >= 0.6 is 23.2 Å². The Morgan fingerprint density at radius 3 is 2.79 bits per heavy atom. The van der Waals surface area contributed by atoms with Crippen LogP contribution < -0.4 is 0 Å². The molecular weight excluding hydrogens is 287 g/mol. The topological polar surface area (TPSA) is 42.4 Å². The van der Waals surface area contributed by atoms with Crippen LogP contribution in [0.15, 0.2) is 12.1 Å². The normalized spacial score (nSPS) is 22.4. The zero-order chi connectivity index (χ0) is 14.2. The minimum absolute atomic E-state index is 0.0225. The maximum absolute atomic E-state index is 12.5. The minimum Gasteiger partial charge on any atom is -0.369 e. The number of aromatic nitrogens is 1. The first-order valence-electron chi connectivity index (χ1n) is 6.08. The van der Waals surface area contributed by atoms with Crippen molar-refractivity contribution < 1.29 is 9.53 Å². The molecule has 0 aliphatic carbocycles. The smallest absolute Gasteiger partial charge is 0.274 e. The van der Waals surface area contributed by atoms with Crippen LogP contribution in [0.1, 0.15) is 31.3 Å². The Morgan fingerprint density at radius 1 is 1.47 bits per heavy atom. The molecule has 2 rings (SSSR count). The van der Waals surface area contributed by atoms with E-state index in [1.165, 1.54) is 0 Å². The molecule has 0 spiro atoms. The molecule has 1 amide bonds. The fraction of sp³-hybridized carbons (Fsp3) is 0.538. The number of hydrogen-bond donors (Lipinski definition) is 0. The molecule has 2 heterocycles. The number of morpholine rings is 1. The van der Waals surface area contributed by atoms with E-state index in [2.05, 4.69) is 4.98 Å². The van der Waals surface area contributed by atoms with Crippen molar-refractivity contribution in [2.45, 2.75) is 32.5 Å². The van der Waals surface area contributed by atoms with Crippen molar-refractivity contribution in [3.63, 3.8) is 0 Å². The Hall–Kier alpha value is -0.840. The summed E-state index contributed by atoms with van der Waals surface area (Å²) in [5, 5.41) is 0.569. The van der Waals surface area contributed by atoms with Crippen LogP contribution in [0.5, 0.6) is 0 Å². The molecule has 1 aliphatic rings. The molecule has 1 aromatic heterocycles. The summed E-state index contributed by atoms with van der Waals surface area (Å²) in [6, 6.07) is 3.14. The van der Waals surface area contributed by atoms with Gasteiger partial charge in [0.2, 0.25) is 0 Å². The SMILES string of the molecule is CC1CN(C(=O)c2nc(Cl)ccc2Cl)CC(C)(C)O1. The number of rotatable bonds is 1. The first-order chi connectivity index (χ1) is 8.78. The highest BCUT2D eigenvalue weighted by Crippen LogP contribution is 2.24. The van der Waals surface area contributed by atoms with Crippen molar-refractivity contribution in [3.8, 4) is 0 Å². The molecule has 1 unspecified atom stereocenters. The molecule has 1 saturated heterocycles. The van der Waals surface area contributed by atoms with Gasteiger partial charge in [-0.3, -0.25) is 4.79 Å². The fourth-order valence-corrected chi connectivity index (χ4v) is 2.66. The third kappa shape index (κ3) is 3.38. The van der Waals surface area contributed by atoms with E-state index in [1.807, 2.05) is 20.8 Å². The van der Waals surface area contributed by atoms with E-state index >= 15 is 0 Å². The van der Waals surface area contributed by atoms with E-state index < -0.39 is 0 Å². The quantitative estimate of drug-likeness (QED) is 0.749. The molecule has 19 heavy (non-hydrogen) atoms. The molecule has 6 heteroatoms. The average Bonchev–Trinajstić information content (AvgIpc) is 2.29. The van der Waals surface area contributed by atoms with Gasteiger partial charge >= 0.3 is 0 Å². The average molecular weight is 303 g/mol. The van der Waals surface area contributed by atoms with Crippen LogP contribution in [-0.2, 0) is 4.74 Å². The molecule has 1 aromatic rings. The predicted molar refractivity (Wildman–Crippen MR) is 74.8 cm³/mol. The molecule has 1 aliphatic heterocycles. The fourth-order valence-electron chi connectivity index (χ4n) is 2.33. The van der Waals surface area contributed by atoms with Crippen LogP contribution in [0.25, 0.3) is 0 Å². The zero-order valence-electron chi connectivity index (χ0n) is 11.1. The molecule has 0 aromatic carbocycles. The summed E-state index contributed by atoms with van der Waals surface area (Å²) in [6.45, 7) is 6.87. The molecule has 0 bridgehead atoms. The van der Waals surface area contributed by atoms with Crippen molar-refractivity contribution in [2.24, 2.45) is 0 Å². The van der Waals surface area contributed by atoms with Gasteiger partial charge in [-0.15, -0.1) is 0 Å². The zero-order valence-corrected chi connectivity index (χ0v) is 12.6. The van der Waals surface area contributed by atoms with Crippen LogP contribution in [0.2, 0.25) is 10.2 Å². The maximum atomic E-state index is 12.5. The van der Waals surface area contributed by atoms with Gasteiger partial charge in [0.05, 0.1) is 16.7 Å². The van der Waals surface area contributed by atoms with Gasteiger partial charge in [-0.05, 0) is 32.9 Å². The molecule has 0 saturated carbocycles. The summed E-state index contributed by atoms with van der Waals surface area (Å²) < 4.78 is 5.77. The summed E-state index contributed by atoms with van der Waals surface area (Å²) in [7, 11) is 0. The molecule has 1 atom stereocenters. The van der Waals surface area contributed by atoms with Crippen molar-refractivity contribution in [1.82, 2.24) is 9.88 Å². The summed E-state index contributed by atoms with van der Waals surface area (Å²) >= 11 is 11.8. The van der Waals surface area contributed by atoms with Gasteiger partial charge in [0.15, 0.2) is 0 Å². The monoisotopic (exact) mass is 302 g/mol. The predicted octanol–water partition coefficient (Wildman–Crippen LogP) is 3.03. The highest BCUT2D eigenvalue weighted by Gasteiger charge is 2.35. The van der Waals surface area contributed by atoms with Crippen LogP contribution in [0, 0.1) is 0 Å². The lowest BCUT2D eigenvalue weighted by molar-refractivity contribution is -0.118. The molecular formula is C13H16Cl2N2O2. The number of hydrogen-bond acceptors (Lipinski definition) is 3. The Morgan fingerprint density at radius 2 is 2.16 bits per heavy atom. The van der Waals surface area contributed by atoms with Crippen molar-refractivity contribution >= 4 is 29.1 Å². The van der Waals surface area contributed by atoms with Gasteiger partial charge in [-0.1, -0.05) is 23.2 Å². The number of ether oxygens (including phenoxy) is 1. The summed E-state index contributed by atoms with van der Waals surface area (Å²) in [4.78, 5) is 18.2. The minimum atomic E-state index is -0.377. The second kappa shape index (κ2) is 5.27. The van der Waals surface area contributed by atoms with Gasteiger partial charge in [-0.2, -0.15) is 0 Å². The highest BCUT2D eigenvalue weighted by atomic mass is 35.5. The maximum Gasteiger partial charge on any atom is 0.274 e. The number of amides is 1. The van der Waals surface area contributed by atoms with Gasteiger partial charge in [0.25, 0.3) is 5.91 Å². The van der Waals surface area contributed by atoms with Crippen LogP contribution in [0.4, 0.5) is 0 Å². The largest absolute Gasteiger partial charge is 0.369 e. The second-order valence-corrected chi connectivity index (χ2v) is 6.13. The third-order valence-electron chi connectivity index (χ3n) is 2.87. The first-order valence-corrected chi connectivity index (χ1v) is 6.83. The van der Waals surface area contributed by atoms with Gasteiger partial charge < -0.3 is 9.64 Å². The van der Waals surface area contributed by atoms with E-state index in [0.29, 0.717) is 18.1 Å². The molecule has 0 radical (unpaired) electrons. The third-order valence-corrected chi connectivity index (χ3v) is 3.39. The van der Waals surface area contributed by atoms with Gasteiger partial charge in [0.1, 0.15) is 10.8 Å². The van der Waals surface area contributed by atoms with Gasteiger partial charge in [-0.25, -0.2) is 4.98 Å². The number of carbonyl (C=O) groups is 1. The van der Waals surface area contributed by atoms with Crippen molar-refractivity contribution in [1.29, 1.82) is 0 Å². The van der Waals surface area contributed by atoms with E-state index in [-0.39, 0.29) is 28.5 Å². The van der Waals surface area contributed by atoms with E-state index in [4.69, 9.17) is 27.9 Å². The van der Waals surface area contributed by atoms with Crippen LogP contribution in [0.3, 0.4) is 0 Å². The Kier molecular flexibility index (Phi) is 4.04. The van der Waals surface area contributed by atoms with Gasteiger partial charge in [0, 0.05) is 13.1 Å². The lowest BCUT2D eigenvalue weighted by Gasteiger charge is -2.41.